The van der Waals surface area contributed by atoms with E-state index >= 15 is 4.39 Å². The van der Waals surface area contributed by atoms with Gasteiger partial charge in [0, 0.05) is 68.4 Å². The average molecular weight is 515 g/mol. The fourth-order valence-corrected chi connectivity index (χ4v) is 7.05. The van der Waals surface area contributed by atoms with Crippen LogP contribution in [0.5, 0.6) is 0 Å². The summed E-state index contributed by atoms with van der Waals surface area (Å²) < 4.78 is 15.2. The van der Waals surface area contributed by atoms with Crippen molar-refractivity contribution in [1.29, 1.82) is 5.26 Å². The van der Waals surface area contributed by atoms with Gasteiger partial charge in [-0.15, -0.1) is 0 Å². The molecule has 6 rings (SSSR count). The molecular formula is C30H35FN6O. The highest BCUT2D eigenvalue weighted by molar-refractivity contribution is 5.88. The van der Waals surface area contributed by atoms with Gasteiger partial charge in [-0.05, 0) is 57.0 Å². The molecule has 0 unspecified atom stereocenters. The standard InChI is InChI=1S/C30H35FN6O/c1-3-27(38)37-19-30(20-37)11-14-36(18-30)29-24(15-32)28(22-8-4-5-9-25(22)31)23-10-13-35(17-26(23)33-29)21-7-6-12-34(2)16-21/h3-5,8-9,21H,1,6-7,10-14,16-20H2,2H3/t21-/m1/s1. The normalized spacial score (nSPS) is 23.1. The number of halogens is 1. The van der Waals surface area contributed by atoms with Gasteiger partial charge in [0.25, 0.3) is 0 Å². The van der Waals surface area contributed by atoms with Gasteiger partial charge in [-0.25, -0.2) is 9.37 Å². The van der Waals surface area contributed by atoms with E-state index in [4.69, 9.17) is 4.98 Å². The maximum absolute atomic E-state index is 15.2. The summed E-state index contributed by atoms with van der Waals surface area (Å²) in [5.74, 6) is 0.321. The van der Waals surface area contributed by atoms with Crippen LogP contribution in [0.2, 0.25) is 0 Å². The van der Waals surface area contributed by atoms with E-state index in [0.717, 1.165) is 56.8 Å². The van der Waals surface area contributed by atoms with Crippen molar-refractivity contribution in [3.8, 4) is 17.2 Å². The van der Waals surface area contributed by atoms with Crippen LogP contribution in [-0.2, 0) is 17.8 Å². The first kappa shape index (κ1) is 25.0. The third-order valence-corrected chi connectivity index (χ3v) is 9.01. The Morgan fingerprint density at radius 1 is 1.24 bits per heavy atom. The summed E-state index contributed by atoms with van der Waals surface area (Å²) in [6.07, 6.45) is 5.43. The molecule has 1 amide bonds. The Bertz CT molecular complexity index is 1310. The van der Waals surface area contributed by atoms with Crippen molar-refractivity contribution in [2.45, 2.75) is 38.3 Å². The lowest BCUT2D eigenvalue weighted by atomic mass is 9.79. The number of likely N-dealkylation sites (tertiary alicyclic amines) is 2. The molecule has 0 N–H and O–H groups in total. The smallest absolute Gasteiger partial charge is 0.245 e. The zero-order chi connectivity index (χ0) is 26.4. The van der Waals surface area contributed by atoms with E-state index in [1.54, 1.807) is 12.1 Å². The summed E-state index contributed by atoms with van der Waals surface area (Å²) in [6.45, 7) is 10.3. The van der Waals surface area contributed by atoms with Crippen LogP contribution in [0.25, 0.3) is 11.1 Å². The third kappa shape index (κ3) is 4.28. The number of likely N-dealkylation sites (N-methyl/N-ethyl adjacent to an activating group) is 1. The number of amides is 1. The molecule has 0 bridgehead atoms. The number of hydrogen-bond acceptors (Lipinski definition) is 6. The number of nitrogens with zero attached hydrogens (tertiary/aromatic N) is 6. The molecule has 1 aromatic heterocycles. The Morgan fingerprint density at radius 3 is 2.79 bits per heavy atom. The molecule has 0 radical (unpaired) electrons. The SMILES string of the molecule is C=CC(=O)N1CC2(CCN(c3nc4c(c(-c5ccccc5F)c3C#N)CCN([C@@H]3CCCN(C)C3)C4)C2)C1. The second-order valence-corrected chi connectivity index (χ2v) is 11.6. The van der Waals surface area contributed by atoms with Crippen molar-refractivity contribution in [2.24, 2.45) is 5.41 Å². The topological polar surface area (TPSA) is 66.7 Å². The van der Waals surface area contributed by atoms with Gasteiger partial charge < -0.3 is 14.7 Å². The molecule has 4 aliphatic rings. The molecule has 5 heterocycles. The van der Waals surface area contributed by atoms with Gasteiger partial charge in [-0.1, -0.05) is 24.8 Å². The number of anilines is 1. The van der Waals surface area contributed by atoms with E-state index in [9.17, 15) is 10.1 Å². The number of rotatable bonds is 4. The summed E-state index contributed by atoms with van der Waals surface area (Å²) in [5.41, 5.74) is 3.65. The van der Waals surface area contributed by atoms with E-state index in [1.807, 2.05) is 11.0 Å². The summed E-state index contributed by atoms with van der Waals surface area (Å²) >= 11 is 0. The van der Waals surface area contributed by atoms with Gasteiger partial charge in [0.1, 0.15) is 23.3 Å². The van der Waals surface area contributed by atoms with Crippen LogP contribution in [0.15, 0.2) is 36.9 Å². The van der Waals surface area contributed by atoms with Gasteiger partial charge in [-0.3, -0.25) is 9.69 Å². The van der Waals surface area contributed by atoms with Crippen molar-refractivity contribution in [2.75, 3.05) is 57.8 Å². The van der Waals surface area contributed by atoms with Gasteiger partial charge in [0.2, 0.25) is 5.91 Å². The van der Waals surface area contributed by atoms with Crippen molar-refractivity contribution in [3.63, 3.8) is 0 Å². The molecule has 8 heteroatoms. The van der Waals surface area contributed by atoms with Crippen molar-refractivity contribution >= 4 is 11.7 Å². The molecule has 1 spiro atoms. The lowest BCUT2D eigenvalue weighted by molar-refractivity contribution is -0.136. The number of benzene rings is 1. The lowest BCUT2D eigenvalue weighted by Crippen LogP contribution is -2.59. The van der Waals surface area contributed by atoms with E-state index in [1.165, 1.54) is 25.0 Å². The molecule has 0 saturated carbocycles. The predicted molar refractivity (Wildman–Crippen MR) is 145 cm³/mol. The fourth-order valence-electron chi connectivity index (χ4n) is 7.05. The van der Waals surface area contributed by atoms with Gasteiger partial charge in [0.15, 0.2) is 0 Å². The number of carbonyl (C=O) groups is 1. The summed E-state index contributed by atoms with van der Waals surface area (Å²) in [4.78, 5) is 26.2. The largest absolute Gasteiger partial charge is 0.355 e. The number of hydrogen-bond donors (Lipinski definition) is 0. The monoisotopic (exact) mass is 514 g/mol. The van der Waals surface area contributed by atoms with E-state index in [-0.39, 0.29) is 17.1 Å². The van der Waals surface area contributed by atoms with Gasteiger partial charge >= 0.3 is 0 Å². The molecule has 1 aromatic carbocycles. The lowest BCUT2D eigenvalue weighted by Gasteiger charge is -2.47. The summed E-state index contributed by atoms with van der Waals surface area (Å²) in [7, 11) is 2.18. The van der Waals surface area contributed by atoms with Crippen LogP contribution in [-0.4, -0.2) is 84.5 Å². The maximum Gasteiger partial charge on any atom is 0.245 e. The fraction of sp³-hybridized carbons (Fsp3) is 0.500. The molecule has 7 nitrogen and oxygen atoms in total. The highest BCUT2D eigenvalue weighted by Crippen LogP contribution is 2.44. The zero-order valence-corrected chi connectivity index (χ0v) is 22.1. The maximum atomic E-state index is 15.2. The Balaban J connectivity index is 1.38. The quantitative estimate of drug-likeness (QED) is 0.583. The summed E-state index contributed by atoms with van der Waals surface area (Å²) in [6, 6.07) is 9.70. The minimum Gasteiger partial charge on any atom is -0.355 e. The Morgan fingerprint density at radius 2 is 2.05 bits per heavy atom. The van der Waals surface area contributed by atoms with Crippen molar-refractivity contribution < 1.29 is 9.18 Å². The molecule has 38 heavy (non-hydrogen) atoms. The molecule has 1 atom stereocenters. The van der Waals surface area contributed by atoms with Crippen LogP contribution in [0.3, 0.4) is 0 Å². The Kier molecular flexibility index (Phi) is 6.45. The first-order valence-corrected chi connectivity index (χ1v) is 13.7. The van der Waals surface area contributed by atoms with Crippen LogP contribution in [0.4, 0.5) is 10.2 Å². The molecule has 198 valence electrons. The van der Waals surface area contributed by atoms with E-state index in [2.05, 4.69) is 34.4 Å². The number of fused-ring (bicyclic) bond motifs is 1. The molecular weight excluding hydrogens is 479 g/mol. The zero-order valence-electron chi connectivity index (χ0n) is 22.1. The molecule has 3 fully saturated rings. The van der Waals surface area contributed by atoms with Crippen LogP contribution in [0.1, 0.15) is 36.1 Å². The second-order valence-electron chi connectivity index (χ2n) is 11.6. The number of piperidine rings is 1. The molecule has 3 saturated heterocycles. The highest BCUT2D eigenvalue weighted by atomic mass is 19.1. The molecule has 0 aliphatic carbocycles. The van der Waals surface area contributed by atoms with Gasteiger partial charge in [0.05, 0.1) is 5.69 Å². The molecule has 4 aliphatic heterocycles. The van der Waals surface area contributed by atoms with Crippen molar-refractivity contribution in [1.82, 2.24) is 19.7 Å². The first-order valence-electron chi connectivity index (χ1n) is 13.7. The third-order valence-electron chi connectivity index (χ3n) is 9.01. The minimum absolute atomic E-state index is 0.0137. The number of nitriles is 1. The number of aromatic nitrogens is 1. The van der Waals surface area contributed by atoms with E-state index in [0.29, 0.717) is 48.2 Å². The molecule has 2 aromatic rings. The van der Waals surface area contributed by atoms with Crippen LogP contribution in [0, 0.1) is 22.6 Å². The van der Waals surface area contributed by atoms with Crippen LogP contribution >= 0.6 is 0 Å². The van der Waals surface area contributed by atoms with Gasteiger partial charge in [-0.2, -0.15) is 5.26 Å². The summed E-state index contributed by atoms with van der Waals surface area (Å²) in [5, 5.41) is 10.4. The Hall–Kier alpha value is -3.28. The average Bonchev–Trinajstić information content (AvgIpc) is 3.37. The second kappa shape index (κ2) is 9.79. The highest BCUT2D eigenvalue weighted by Gasteiger charge is 2.49. The van der Waals surface area contributed by atoms with Crippen LogP contribution < -0.4 is 4.90 Å². The minimum atomic E-state index is -0.310. The predicted octanol–water partition coefficient (Wildman–Crippen LogP) is 3.44. The Labute approximate surface area is 224 Å². The van der Waals surface area contributed by atoms with E-state index < -0.39 is 0 Å². The number of carbonyl (C=O) groups excluding carboxylic acids is 1. The van der Waals surface area contributed by atoms with Crippen molar-refractivity contribution in [3.05, 3.63) is 59.6 Å². The number of pyridine rings is 1. The first-order chi connectivity index (χ1) is 18.4.